The molecule has 640 valence electrons. The summed E-state index contributed by atoms with van der Waals surface area (Å²) in [4.78, 5) is 30.3. The quantitative estimate of drug-likeness (QED) is 0.124. The third kappa shape index (κ3) is 11.9. The number of benzene rings is 22. The molecular formula is C126H74N10O2. The highest BCUT2D eigenvalue weighted by atomic mass is 16.3. The van der Waals surface area contributed by atoms with E-state index < -0.39 is 0 Å². The zero-order valence-corrected chi connectivity index (χ0v) is 74.0. The second-order valence-corrected chi connectivity index (χ2v) is 35.8. The van der Waals surface area contributed by atoms with E-state index in [1.807, 2.05) is 109 Å². The van der Waals surface area contributed by atoms with Gasteiger partial charge in [-0.25, -0.2) is 29.9 Å². The lowest BCUT2D eigenvalue weighted by atomic mass is 9.93. The number of hydrogen-bond donors (Lipinski definition) is 0. The summed E-state index contributed by atoms with van der Waals surface area (Å²) in [6.07, 6.45) is 0. The van der Waals surface area contributed by atoms with Gasteiger partial charge in [-0.15, -0.1) is 0 Å². The third-order valence-corrected chi connectivity index (χ3v) is 28.3. The van der Waals surface area contributed by atoms with E-state index >= 15 is 0 Å². The SMILES string of the molecule is c1ccc(-c2nc(-c3ccccc3)nc(-c3ccc4c5ccc(-n6c7ccccc7c7cc(-n8c9ccccc9c9c%10oc%11ccccc%11c%10ccc98)ccc76)cc5c5ccccc5c4c3)n2)cc1.c1ccc(-c2nc(-c3ccccc3)nc(-c3ccc4c5ccccc5c5ccc(-n6c7ccccc7c7cc(-n8c9ccccc9c9c%10oc%11ccccc%11c%10ccc98)ccc76)cc5c4c3)n2)cc1. The molecule has 0 bridgehead atoms. The maximum Gasteiger partial charge on any atom is 0.164 e. The average molecular weight is 1760 g/mol. The van der Waals surface area contributed by atoms with Gasteiger partial charge in [-0.2, -0.15) is 0 Å². The molecule has 0 aliphatic heterocycles. The van der Waals surface area contributed by atoms with Crippen molar-refractivity contribution >= 4 is 196 Å². The Bertz CT molecular complexity index is 10200. The largest absolute Gasteiger partial charge is 0.455 e. The molecule has 0 fully saturated rings. The van der Waals surface area contributed by atoms with Crippen LogP contribution in [0.2, 0.25) is 0 Å². The van der Waals surface area contributed by atoms with Gasteiger partial charge in [0.25, 0.3) is 0 Å². The number of furan rings is 2. The first-order valence-electron chi connectivity index (χ1n) is 46.7. The Morgan fingerprint density at radius 1 is 0.138 bits per heavy atom. The maximum atomic E-state index is 6.63. The molecule has 0 radical (unpaired) electrons. The Hall–Kier alpha value is -18.8. The van der Waals surface area contributed by atoms with Gasteiger partial charge in [0.2, 0.25) is 0 Å². The van der Waals surface area contributed by atoms with Crippen LogP contribution in [0.4, 0.5) is 0 Å². The smallest absolute Gasteiger partial charge is 0.164 e. The van der Waals surface area contributed by atoms with Crippen molar-refractivity contribution in [2.45, 2.75) is 0 Å². The van der Waals surface area contributed by atoms with Gasteiger partial charge in [0, 0.05) is 110 Å². The summed E-state index contributed by atoms with van der Waals surface area (Å²) in [7, 11) is 0. The van der Waals surface area contributed by atoms with Crippen LogP contribution < -0.4 is 0 Å². The van der Waals surface area contributed by atoms with Crippen LogP contribution in [-0.2, 0) is 0 Å². The summed E-state index contributed by atoms with van der Waals surface area (Å²) in [5.41, 5.74) is 22.8. The van der Waals surface area contributed by atoms with E-state index in [4.69, 9.17) is 38.7 Å². The van der Waals surface area contributed by atoms with Crippen LogP contribution in [0, 0.1) is 0 Å². The number of fused-ring (bicyclic) bond motifs is 32. The van der Waals surface area contributed by atoms with Crippen molar-refractivity contribution in [3.63, 3.8) is 0 Å². The van der Waals surface area contributed by atoms with Crippen LogP contribution in [0.25, 0.3) is 287 Å². The number of nitrogens with zero attached hydrogens (tertiary/aromatic N) is 10. The van der Waals surface area contributed by atoms with E-state index in [9.17, 15) is 0 Å². The molecule has 22 aromatic carbocycles. The predicted octanol–water partition coefficient (Wildman–Crippen LogP) is 32.9. The molecular weight excluding hydrogens is 1690 g/mol. The molecule has 8 heterocycles. The summed E-state index contributed by atoms with van der Waals surface area (Å²) in [5, 5.41) is 28.1. The molecule has 30 aromatic rings. The van der Waals surface area contributed by atoms with Crippen molar-refractivity contribution in [3.8, 4) is 91.1 Å². The maximum absolute atomic E-state index is 6.63. The fraction of sp³-hybridized carbons (Fsp3) is 0. The first-order valence-corrected chi connectivity index (χ1v) is 46.7. The van der Waals surface area contributed by atoms with Crippen LogP contribution in [0.3, 0.4) is 0 Å². The standard InChI is InChI=1S/2C63H37N5O/c1-3-15-38(16-4-1)61-64-62(39-17-5-2-6-18-39)66-63(65-61)40-27-30-45-46-31-28-41(36-52(46)44-20-8-7-19-43(44)51(45)35-40)67-54-24-12-9-21-47(54)53-37-42(29-33-56(53)67)68-55-25-13-10-23-50(55)59-57(68)34-32-49-48-22-11-14-26-58(48)69-60(49)59;1-3-15-38(16-4-1)61-64-62(39-17-5-2-6-18-39)66-63(65-61)40-27-30-45-43-19-7-8-20-44(43)46-31-28-41(36-52(46)51(45)35-40)67-54-24-12-9-21-47(54)53-37-42(29-33-56(53)67)68-55-25-13-10-23-50(55)59-57(68)34-32-49-48-22-11-14-26-58(48)69-60(49)59/h2*1-37H. The number of rotatable bonds is 10. The van der Waals surface area contributed by atoms with Crippen molar-refractivity contribution in [1.82, 2.24) is 48.2 Å². The van der Waals surface area contributed by atoms with Crippen molar-refractivity contribution < 1.29 is 8.83 Å². The van der Waals surface area contributed by atoms with E-state index in [1.165, 1.54) is 80.8 Å². The Labute approximate surface area is 787 Å². The molecule has 0 aliphatic rings. The summed E-state index contributed by atoms with van der Waals surface area (Å²) in [6, 6.07) is 160. The molecule has 0 N–H and O–H groups in total. The minimum atomic E-state index is 0.630. The molecule has 12 heteroatoms. The molecule has 138 heavy (non-hydrogen) atoms. The molecule has 0 saturated carbocycles. The molecule has 0 spiro atoms. The highest BCUT2D eigenvalue weighted by molar-refractivity contribution is 6.30. The van der Waals surface area contributed by atoms with E-state index in [0.717, 1.165) is 171 Å². The van der Waals surface area contributed by atoms with Gasteiger partial charge >= 0.3 is 0 Å². The van der Waals surface area contributed by atoms with Crippen LogP contribution in [0.5, 0.6) is 0 Å². The normalized spacial score (nSPS) is 12.1. The second-order valence-electron chi connectivity index (χ2n) is 35.8. The minimum absolute atomic E-state index is 0.630. The van der Waals surface area contributed by atoms with Crippen LogP contribution in [0.15, 0.2) is 458 Å². The lowest BCUT2D eigenvalue weighted by molar-refractivity contribution is 0.672. The minimum Gasteiger partial charge on any atom is -0.455 e. The first kappa shape index (κ1) is 76.9. The van der Waals surface area contributed by atoms with Gasteiger partial charge in [0.15, 0.2) is 34.9 Å². The lowest BCUT2D eigenvalue weighted by Crippen LogP contribution is -2.00. The Morgan fingerprint density at radius 3 is 0.732 bits per heavy atom. The summed E-state index contributed by atoms with van der Waals surface area (Å²) in [5.74, 6) is 3.84. The van der Waals surface area contributed by atoms with Crippen molar-refractivity contribution in [2.75, 3.05) is 0 Å². The zero-order valence-electron chi connectivity index (χ0n) is 74.0. The van der Waals surface area contributed by atoms with E-state index in [0.29, 0.717) is 34.9 Å². The predicted molar refractivity (Wildman–Crippen MR) is 569 cm³/mol. The molecule has 30 rings (SSSR count). The Morgan fingerprint density at radius 2 is 0.362 bits per heavy atom. The van der Waals surface area contributed by atoms with Crippen LogP contribution in [-0.4, -0.2) is 48.2 Å². The van der Waals surface area contributed by atoms with Gasteiger partial charge in [-0.05, 0) is 198 Å². The van der Waals surface area contributed by atoms with Gasteiger partial charge in [-0.1, -0.05) is 315 Å². The number of para-hydroxylation sites is 6. The Balaban J connectivity index is 0.000000133. The molecule has 0 aliphatic carbocycles. The van der Waals surface area contributed by atoms with E-state index in [-0.39, 0.29) is 0 Å². The molecule has 12 nitrogen and oxygen atoms in total. The molecule has 0 unspecified atom stereocenters. The summed E-state index contributed by atoms with van der Waals surface area (Å²) >= 11 is 0. The van der Waals surface area contributed by atoms with Gasteiger partial charge in [0.05, 0.1) is 54.9 Å². The van der Waals surface area contributed by atoms with Gasteiger partial charge in [-0.3, -0.25) is 0 Å². The number of hydrogen-bond acceptors (Lipinski definition) is 8. The average Bonchev–Trinajstić information content (AvgIpc) is 1.50. The fourth-order valence-electron chi connectivity index (χ4n) is 22.1. The van der Waals surface area contributed by atoms with Crippen molar-refractivity contribution in [1.29, 1.82) is 0 Å². The molecule has 0 atom stereocenters. The number of aromatic nitrogens is 10. The van der Waals surface area contributed by atoms with Crippen molar-refractivity contribution in [2.24, 2.45) is 0 Å². The summed E-state index contributed by atoms with van der Waals surface area (Å²) in [6.45, 7) is 0. The lowest BCUT2D eigenvalue weighted by Gasteiger charge is -2.15. The van der Waals surface area contributed by atoms with Gasteiger partial charge in [0.1, 0.15) is 22.3 Å². The van der Waals surface area contributed by atoms with Gasteiger partial charge < -0.3 is 27.1 Å². The van der Waals surface area contributed by atoms with Crippen molar-refractivity contribution in [3.05, 3.63) is 449 Å². The highest BCUT2D eigenvalue weighted by Crippen LogP contribution is 2.49. The monoisotopic (exact) mass is 1760 g/mol. The fourth-order valence-corrected chi connectivity index (χ4v) is 22.1. The highest BCUT2D eigenvalue weighted by Gasteiger charge is 2.27. The zero-order chi connectivity index (χ0) is 90.3. The van der Waals surface area contributed by atoms with Crippen LogP contribution >= 0.6 is 0 Å². The molecule has 8 aromatic heterocycles. The second kappa shape index (κ2) is 30.4. The molecule has 0 amide bonds. The van der Waals surface area contributed by atoms with Crippen LogP contribution in [0.1, 0.15) is 0 Å². The summed E-state index contributed by atoms with van der Waals surface area (Å²) < 4.78 is 22.9. The van der Waals surface area contributed by atoms with E-state index in [1.54, 1.807) is 0 Å². The topological polar surface area (TPSA) is 123 Å². The third-order valence-electron chi connectivity index (χ3n) is 28.3. The first-order chi connectivity index (χ1) is 68.4. The van der Waals surface area contributed by atoms with E-state index in [2.05, 4.69) is 358 Å². The molecule has 0 saturated heterocycles. The Kier molecular flexibility index (Phi) is 16.9.